The smallest absolute Gasteiger partial charge is 0.240 e. The Balaban J connectivity index is 2.93. The quantitative estimate of drug-likeness (QED) is 0.783. The minimum absolute atomic E-state index is 0.117. The van der Waals surface area contributed by atoms with Gasteiger partial charge in [-0.05, 0) is 18.1 Å². The van der Waals surface area contributed by atoms with Crippen molar-refractivity contribution in [1.29, 1.82) is 0 Å². The zero-order valence-corrected chi connectivity index (χ0v) is 13.0. The third-order valence-corrected chi connectivity index (χ3v) is 4.45. The summed E-state index contributed by atoms with van der Waals surface area (Å²) in [6.07, 6.45) is 0. The Morgan fingerprint density at radius 3 is 2.30 bits per heavy atom. The van der Waals surface area contributed by atoms with Gasteiger partial charge in [-0.1, -0.05) is 13.8 Å². The molecule has 0 aliphatic heterocycles. The second-order valence-electron chi connectivity index (χ2n) is 4.78. The van der Waals surface area contributed by atoms with Crippen LogP contribution in [-0.4, -0.2) is 35.2 Å². The van der Waals surface area contributed by atoms with E-state index in [9.17, 15) is 8.42 Å². The highest BCUT2D eigenvalue weighted by molar-refractivity contribution is 7.89. The normalized spacial score (nSPS) is 13.3. The number of nitrogens with two attached hydrogens (primary N) is 1. The molecule has 1 aromatic carbocycles. The Hall–Kier alpha value is -1.31. The first-order chi connectivity index (χ1) is 9.31. The first kappa shape index (κ1) is 16.7. The number of ether oxygens (including phenoxy) is 2. The van der Waals surface area contributed by atoms with Gasteiger partial charge in [0.25, 0.3) is 0 Å². The molecule has 3 N–H and O–H groups in total. The first-order valence-electron chi connectivity index (χ1n) is 6.29. The van der Waals surface area contributed by atoms with Crippen molar-refractivity contribution in [3.8, 4) is 11.5 Å². The van der Waals surface area contributed by atoms with Gasteiger partial charge in [-0.25, -0.2) is 13.1 Å². The summed E-state index contributed by atoms with van der Waals surface area (Å²) in [6.45, 7) is 4.07. The second-order valence-corrected chi connectivity index (χ2v) is 6.54. The van der Waals surface area contributed by atoms with Crippen molar-refractivity contribution >= 4 is 10.0 Å². The van der Waals surface area contributed by atoms with Crippen molar-refractivity contribution in [2.45, 2.75) is 24.8 Å². The van der Waals surface area contributed by atoms with E-state index in [1.807, 2.05) is 13.8 Å². The van der Waals surface area contributed by atoms with Crippen LogP contribution < -0.4 is 19.9 Å². The van der Waals surface area contributed by atoms with Crippen LogP contribution in [0, 0.1) is 5.92 Å². The molecule has 0 aromatic heterocycles. The summed E-state index contributed by atoms with van der Waals surface area (Å²) in [5, 5.41) is 0. The number of hydrogen-bond donors (Lipinski definition) is 2. The van der Waals surface area contributed by atoms with Crippen molar-refractivity contribution in [3.05, 3.63) is 18.2 Å². The molecule has 0 aliphatic carbocycles. The SMILES string of the molecule is COc1ccc(S(=O)(=O)NCC(N)C(C)C)cc1OC. The van der Waals surface area contributed by atoms with Crippen LogP contribution in [0.4, 0.5) is 0 Å². The lowest BCUT2D eigenvalue weighted by atomic mass is 10.1. The molecule has 1 unspecified atom stereocenters. The summed E-state index contributed by atoms with van der Waals surface area (Å²) in [4.78, 5) is 0.117. The number of rotatable bonds is 7. The predicted octanol–water partition coefficient (Wildman–Crippen LogP) is 0.965. The molecule has 0 amide bonds. The summed E-state index contributed by atoms with van der Waals surface area (Å²) in [5.74, 6) is 1.04. The molecule has 114 valence electrons. The molecule has 1 atom stereocenters. The van der Waals surface area contributed by atoms with E-state index in [1.54, 1.807) is 6.07 Å². The van der Waals surface area contributed by atoms with Crippen LogP contribution >= 0.6 is 0 Å². The van der Waals surface area contributed by atoms with Crippen LogP contribution in [0.15, 0.2) is 23.1 Å². The van der Waals surface area contributed by atoms with Crippen LogP contribution in [-0.2, 0) is 10.0 Å². The predicted molar refractivity (Wildman–Crippen MR) is 77.5 cm³/mol. The Bertz CT molecular complexity index is 543. The standard InChI is InChI=1S/C13H22N2O4S/c1-9(2)11(14)8-15-20(16,17)10-5-6-12(18-3)13(7-10)19-4/h5-7,9,11,15H,8,14H2,1-4H3. The van der Waals surface area contributed by atoms with Gasteiger partial charge < -0.3 is 15.2 Å². The van der Waals surface area contributed by atoms with E-state index in [1.165, 1.54) is 26.4 Å². The number of sulfonamides is 1. The number of hydrogen-bond acceptors (Lipinski definition) is 5. The third-order valence-electron chi connectivity index (χ3n) is 3.03. The minimum Gasteiger partial charge on any atom is -0.493 e. The highest BCUT2D eigenvalue weighted by atomic mass is 32.2. The molecule has 0 fully saturated rings. The molecular weight excluding hydrogens is 280 g/mol. The summed E-state index contributed by atoms with van der Waals surface area (Å²) in [7, 11) is -0.665. The Morgan fingerprint density at radius 1 is 1.20 bits per heavy atom. The van der Waals surface area contributed by atoms with Crippen molar-refractivity contribution in [3.63, 3.8) is 0 Å². The number of methoxy groups -OCH3 is 2. The van der Waals surface area contributed by atoms with Gasteiger partial charge in [-0.2, -0.15) is 0 Å². The molecule has 0 radical (unpaired) electrons. The van der Waals surface area contributed by atoms with E-state index in [0.29, 0.717) is 11.5 Å². The van der Waals surface area contributed by atoms with Crippen molar-refractivity contribution in [1.82, 2.24) is 4.72 Å². The van der Waals surface area contributed by atoms with Crippen molar-refractivity contribution < 1.29 is 17.9 Å². The zero-order valence-electron chi connectivity index (χ0n) is 12.2. The van der Waals surface area contributed by atoms with Crippen LogP contribution in [0.5, 0.6) is 11.5 Å². The largest absolute Gasteiger partial charge is 0.493 e. The molecular formula is C13H22N2O4S. The molecule has 20 heavy (non-hydrogen) atoms. The fraction of sp³-hybridized carbons (Fsp3) is 0.538. The Kier molecular flexibility index (Phi) is 5.79. The van der Waals surface area contributed by atoms with Gasteiger partial charge >= 0.3 is 0 Å². The number of nitrogens with one attached hydrogen (secondary N) is 1. The molecule has 0 heterocycles. The summed E-state index contributed by atoms with van der Waals surface area (Å²) < 4.78 is 37.0. The highest BCUT2D eigenvalue weighted by Crippen LogP contribution is 2.29. The van der Waals surface area contributed by atoms with Gasteiger partial charge in [0, 0.05) is 18.7 Å². The van der Waals surface area contributed by atoms with E-state index >= 15 is 0 Å². The fourth-order valence-corrected chi connectivity index (χ4v) is 2.60. The maximum atomic E-state index is 12.2. The number of benzene rings is 1. The van der Waals surface area contributed by atoms with Gasteiger partial charge in [0.15, 0.2) is 11.5 Å². The lowest BCUT2D eigenvalue weighted by molar-refractivity contribution is 0.354. The lowest BCUT2D eigenvalue weighted by Gasteiger charge is -2.16. The highest BCUT2D eigenvalue weighted by Gasteiger charge is 2.18. The van der Waals surface area contributed by atoms with E-state index in [2.05, 4.69) is 4.72 Å². The van der Waals surface area contributed by atoms with E-state index in [-0.39, 0.29) is 23.4 Å². The molecule has 0 bridgehead atoms. The molecule has 6 nitrogen and oxygen atoms in total. The summed E-state index contributed by atoms with van der Waals surface area (Å²) >= 11 is 0. The van der Waals surface area contributed by atoms with Crippen LogP contribution in [0.2, 0.25) is 0 Å². The molecule has 7 heteroatoms. The van der Waals surface area contributed by atoms with Gasteiger partial charge in [0.05, 0.1) is 19.1 Å². The van der Waals surface area contributed by atoms with Crippen LogP contribution in [0.3, 0.4) is 0 Å². The molecule has 0 saturated carbocycles. The van der Waals surface area contributed by atoms with Gasteiger partial charge in [-0.15, -0.1) is 0 Å². The average Bonchev–Trinajstić information content (AvgIpc) is 2.43. The van der Waals surface area contributed by atoms with E-state index < -0.39 is 10.0 Å². The van der Waals surface area contributed by atoms with Crippen LogP contribution in [0.25, 0.3) is 0 Å². The maximum absolute atomic E-state index is 12.2. The second kappa shape index (κ2) is 6.92. The minimum atomic E-state index is -3.61. The van der Waals surface area contributed by atoms with Crippen LogP contribution in [0.1, 0.15) is 13.8 Å². The van der Waals surface area contributed by atoms with Gasteiger partial charge in [0.1, 0.15) is 0 Å². The van der Waals surface area contributed by atoms with Gasteiger partial charge in [-0.3, -0.25) is 0 Å². The topological polar surface area (TPSA) is 90.7 Å². The molecule has 1 rings (SSSR count). The third kappa shape index (κ3) is 4.09. The maximum Gasteiger partial charge on any atom is 0.240 e. The molecule has 1 aromatic rings. The lowest BCUT2D eigenvalue weighted by Crippen LogP contribution is -2.40. The first-order valence-corrected chi connectivity index (χ1v) is 7.77. The zero-order chi connectivity index (χ0) is 15.3. The van der Waals surface area contributed by atoms with E-state index in [0.717, 1.165) is 0 Å². The van der Waals surface area contributed by atoms with Gasteiger partial charge in [0.2, 0.25) is 10.0 Å². The van der Waals surface area contributed by atoms with Crippen molar-refractivity contribution in [2.75, 3.05) is 20.8 Å². The Morgan fingerprint density at radius 2 is 1.80 bits per heavy atom. The Labute approximate surface area is 120 Å². The van der Waals surface area contributed by atoms with E-state index in [4.69, 9.17) is 15.2 Å². The average molecular weight is 302 g/mol. The monoisotopic (exact) mass is 302 g/mol. The molecule has 0 saturated heterocycles. The molecule has 0 aliphatic rings. The van der Waals surface area contributed by atoms with Crippen molar-refractivity contribution in [2.24, 2.45) is 11.7 Å². The summed E-state index contributed by atoms with van der Waals surface area (Å²) in [5.41, 5.74) is 5.83. The fourth-order valence-electron chi connectivity index (χ4n) is 1.51. The summed E-state index contributed by atoms with van der Waals surface area (Å²) in [6, 6.07) is 4.20. The molecule has 0 spiro atoms.